The van der Waals surface area contributed by atoms with E-state index in [2.05, 4.69) is 63.9 Å². The molecule has 1 fully saturated rings. The number of nitrogens with one attached hydrogen (secondary N) is 1. The van der Waals surface area contributed by atoms with Gasteiger partial charge in [-0.15, -0.1) is 0 Å². The lowest BCUT2D eigenvalue weighted by atomic mass is 10.0. The van der Waals surface area contributed by atoms with Crippen molar-refractivity contribution in [3.63, 3.8) is 0 Å². The van der Waals surface area contributed by atoms with E-state index in [9.17, 15) is 4.79 Å². The first kappa shape index (κ1) is 17.8. The summed E-state index contributed by atoms with van der Waals surface area (Å²) < 4.78 is 0. The fourth-order valence-electron chi connectivity index (χ4n) is 3.40. The maximum Gasteiger partial charge on any atom is 0.321 e. The Morgan fingerprint density at radius 3 is 2.00 bits per heavy atom. The lowest BCUT2D eigenvalue weighted by molar-refractivity contribution is 0.0202. The first-order valence-electron chi connectivity index (χ1n) is 8.73. The fourth-order valence-corrected chi connectivity index (χ4v) is 3.40. The van der Waals surface area contributed by atoms with Gasteiger partial charge in [-0.05, 0) is 51.3 Å². The quantitative estimate of drug-likeness (QED) is 0.885. The fraction of sp³-hybridized carbons (Fsp3) is 0.632. The van der Waals surface area contributed by atoms with Crippen molar-refractivity contribution in [2.75, 3.05) is 18.4 Å². The number of carbonyl (C=O) groups is 1. The third-order valence-corrected chi connectivity index (χ3v) is 4.59. The van der Waals surface area contributed by atoms with Crippen LogP contribution >= 0.6 is 0 Å². The van der Waals surface area contributed by atoms with Crippen molar-refractivity contribution in [3.8, 4) is 0 Å². The summed E-state index contributed by atoms with van der Waals surface area (Å²) in [5.74, 6) is 0.508. The summed E-state index contributed by atoms with van der Waals surface area (Å²) in [6.07, 6.45) is 0. The van der Waals surface area contributed by atoms with Crippen LogP contribution in [-0.2, 0) is 0 Å². The number of hydrogen-bond donors (Lipinski definition) is 1. The third-order valence-electron chi connectivity index (χ3n) is 4.59. The highest BCUT2D eigenvalue weighted by atomic mass is 16.2. The van der Waals surface area contributed by atoms with Crippen LogP contribution < -0.4 is 5.32 Å². The van der Waals surface area contributed by atoms with Gasteiger partial charge in [0.1, 0.15) is 0 Å². The number of benzene rings is 1. The van der Waals surface area contributed by atoms with Crippen LogP contribution in [0.1, 0.15) is 53.0 Å². The van der Waals surface area contributed by atoms with Gasteiger partial charge in [0.15, 0.2) is 0 Å². The molecule has 2 rings (SSSR count). The van der Waals surface area contributed by atoms with Crippen molar-refractivity contribution >= 4 is 11.7 Å². The summed E-state index contributed by atoms with van der Waals surface area (Å²) >= 11 is 0. The predicted octanol–water partition coefficient (Wildman–Crippen LogP) is 4.14. The number of urea groups is 1. The smallest absolute Gasteiger partial charge is 0.321 e. The van der Waals surface area contributed by atoms with E-state index < -0.39 is 0 Å². The van der Waals surface area contributed by atoms with Crippen LogP contribution in [0.5, 0.6) is 0 Å². The molecule has 4 nitrogen and oxygen atoms in total. The van der Waals surface area contributed by atoms with Crippen molar-refractivity contribution in [1.29, 1.82) is 0 Å². The minimum Gasteiger partial charge on any atom is -0.321 e. The largest absolute Gasteiger partial charge is 0.321 e. The van der Waals surface area contributed by atoms with Gasteiger partial charge >= 0.3 is 6.03 Å². The van der Waals surface area contributed by atoms with Crippen LogP contribution in [0.25, 0.3) is 0 Å². The van der Waals surface area contributed by atoms with Crippen molar-refractivity contribution in [3.05, 3.63) is 29.8 Å². The average molecular weight is 317 g/mol. The highest BCUT2D eigenvalue weighted by Gasteiger charge is 2.36. The Hall–Kier alpha value is -1.55. The Kier molecular flexibility index (Phi) is 5.69. The maximum absolute atomic E-state index is 12.3. The molecule has 0 atom stereocenters. The van der Waals surface area contributed by atoms with E-state index in [0.717, 1.165) is 18.8 Å². The number of anilines is 1. The van der Waals surface area contributed by atoms with Gasteiger partial charge in [0, 0.05) is 36.9 Å². The molecule has 0 unspecified atom stereocenters. The molecule has 23 heavy (non-hydrogen) atoms. The standard InChI is InChI=1S/C19H31N3O/c1-13(2)16-7-9-17(10-8-16)20-19(23)21-11-18(12-21)22(14(3)4)15(5)6/h7-10,13-15,18H,11-12H2,1-6H3,(H,20,23). The van der Waals surface area contributed by atoms with E-state index in [1.165, 1.54) is 5.56 Å². The lowest BCUT2D eigenvalue weighted by Crippen LogP contribution is -2.64. The van der Waals surface area contributed by atoms with Crippen LogP contribution in [0.3, 0.4) is 0 Å². The lowest BCUT2D eigenvalue weighted by Gasteiger charge is -2.48. The van der Waals surface area contributed by atoms with Gasteiger partial charge in [-0.25, -0.2) is 4.79 Å². The molecule has 0 radical (unpaired) electrons. The number of hydrogen-bond acceptors (Lipinski definition) is 2. The number of likely N-dealkylation sites (tertiary alicyclic amines) is 1. The molecule has 1 aromatic carbocycles. The normalized spacial score (nSPS) is 15.7. The molecule has 0 aliphatic carbocycles. The van der Waals surface area contributed by atoms with E-state index in [1.807, 2.05) is 17.0 Å². The SMILES string of the molecule is CC(C)c1ccc(NC(=O)N2CC(N(C(C)C)C(C)C)C2)cc1. The van der Waals surface area contributed by atoms with Gasteiger partial charge in [-0.3, -0.25) is 4.90 Å². The Bertz CT molecular complexity index is 508. The summed E-state index contributed by atoms with van der Waals surface area (Å²) in [5, 5.41) is 3.00. The molecule has 1 aliphatic heterocycles. The number of nitrogens with zero attached hydrogens (tertiary/aromatic N) is 2. The number of carbonyl (C=O) groups excluding carboxylic acids is 1. The van der Waals surface area contributed by atoms with E-state index >= 15 is 0 Å². The minimum absolute atomic E-state index is 0.00556. The molecule has 2 amide bonds. The Morgan fingerprint density at radius 1 is 1.04 bits per heavy atom. The van der Waals surface area contributed by atoms with Gasteiger partial charge in [-0.2, -0.15) is 0 Å². The second-order valence-corrected chi connectivity index (χ2v) is 7.40. The van der Waals surface area contributed by atoms with Crippen LogP contribution in [0.15, 0.2) is 24.3 Å². The minimum atomic E-state index is 0.00556. The molecule has 0 aromatic heterocycles. The summed E-state index contributed by atoms with van der Waals surface area (Å²) in [7, 11) is 0. The zero-order chi connectivity index (χ0) is 17.1. The van der Waals surface area contributed by atoms with Crippen molar-refractivity contribution < 1.29 is 4.79 Å². The molecule has 1 N–H and O–H groups in total. The van der Waals surface area contributed by atoms with Gasteiger partial charge in [0.25, 0.3) is 0 Å². The third kappa shape index (κ3) is 4.25. The van der Waals surface area contributed by atoms with Crippen molar-refractivity contribution in [2.45, 2.75) is 65.6 Å². The highest BCUT2D eigenvalue weighted by molar-refractivity contribution is 5.89. The van der Waals surface area contributed by atoms with Crippen molar-refractivity contribution in [1.82, 2.24) is 9.80 Å². The van der Waals surface area contributed by atoms with Crippen molar-refractivity contribution in [2.24, 2.45) is 0 Å². The van der Waals surface area contributed by atoms with E-state index in [0.29, 0.717) is 24.0 Å². The summed E-state index contributed by atoms with van der Waals surface area (Å²) in [6, 6.07) is 9.63. The number of rotatable bonds is 5. The van der Waals surface area contributed by atoms with E-state index in [4.69, 9.17) is 0 Å². The molecule has 1 saturated heterocycles. The summed E-state index contributed by atoms with van der Waals surface area (Å²) in [4.78, 5) is 16.7. The van der Waals surface area contributed by atoms with Gasteiger partial charge < -0.3 is 10.2 Å². The molecule has 1 heterocycles. The zero-order valence-corrected chi connectivity index (χ0v) is 15.3. The van der Waals surface area contributed by atoms with Gasteiger partial charge in [0.2, 0.25) is 0 Å². The molecule has 1 aromatic rings. The Balaban J connectivity index is 1.86. The highest BCUT2D eigenvalue weighted by Crippen LogP contribution is 2.22. The van der Waals surface area contributed by atoms with Crippen LogP contribution in [-0.4, -0.2) is 47.0 Å². The van der Waals surface area contributed by atoms with E-state index in [1.54, 1.807) is 0 Å². The molecule has 1 aliphatic rings. The van der Waals surface area contributed by atoms with Gasteiger partial charge in [-0.1, -0.05) is 26.0 Å². The molecule has 0 bridgehead atoms. The molecule has 0 saturated carbocycles. The molecule has 0 spiro atoms. The first-order valence-corrected chi connectivity index (χ1v) is 8.73. The molecule has 4 heteroatoms. The average Bonchev–Trinajstić information content (AvgIpc) is 2.41. The molecular formula is C19H31N3O. The zero-order valence-electron chi connectivity index (χ0n) is 15.3. The Labute approximate surface area is 140 Å². The molecule has 128 valence electrons. The summed E-state index contributed by atoms with van der Waals surface area (Å²) in [6.45, 7) is 14.8. The first-order chi connectivity index (χ1) is 10.8. The second kappa shape index (κ2) is 7.35. The summed E-state index contributed by atoms with van der Waals surface area (Å²) in [5.41, 5.74) is 2.16. The molecular weight excluding hydrogens is 286 g/mol. The van der Waals surface area contributed by atoms with Crippen LogP contribution in [0.4, 0.5) is 10.5 Å². The predicted molar refractivity (Wildman–Crippen MR) is 97.0 cm³/mol. The topological polar surface area (TPSA) is 35.6 Å². The second-order valence-electron chi connectivity index (χ2n) is 7.40. The maximum atomic E-state index is 12.3. The van der Waals surface area contributed by atoms with Crippen LogP contribution in [0.2, 0.25) is 0 Å². The van der Waals surface area contributed by atoms with Crippen LogP contribution in [0, 0.1) is 0 Å². The number of amides is 2. The Morgan fingerprint density at radius 2 is 1.57 bits per heavy atom. The monoisotopic (exact) mass is 317 g/mol. The van der Waals surface area contributed by atoms with Gasteiger partial charge in [0.05, 0.1) is 0 Å². The van der Waals surface area contributed by atoms with E-state index in [-0.39, 0.29) is 6.03 Å².